The Labute approximate surface area is 131 Å². The van der Waals surface area contributed by atoms with Crippen molar-refractivity contribution < 1.29 is 4.74 Å². The maximum atomic E-state index is 5.90. The van der Waals surface area contributed by atoms with E-state index in [0.29, 0.717) is 11.5 Å². The number of rotatable bonds is 8. The van der Waals surface area contributed by atoms with Crippen LogP contribution in [0.5, 0.6) is 0 Å². The first-order valence-corrected chi connectivity index (χ1v) is 9.10. The van der Waals surface area contributed by atoms with Gasteiger partial charge in [0.25, 0.3) is 0 Å². The number of nitrogens with zero attached hydrogens (tertiary/aromatic N) is 1. The van der Waals surface area contributed by atoms with Crippen molar-refractivity contribution in [3.8, 4) is 0 Å². The molecule has 2 aliphatic rings. The Morgan fingerprint density at radius 2 is 1.95 bits per heavy atom. The molecule has 0 aromatic rings. The third-order valence-electron chi connectivity index (χ3n) is 5.11. The summed E-state index contributed by atoms with van der Waals surface area (Å²) in [6.45, 7) is 10.3. The molecular weight excluding hydrogens is 260 g/mol. The van der Waals surface area contributed by atoms with Gasteiger partial charge in [0.1, 0.15) is 0 Å². The molecule has 1 N–H and O–H groups in total. The molecule has 0 bridgehead atoms. The van der Waals surface area contributed by atoms with Crippen molar-refractivity contribution in [2.75, 3.05) is 39.8 Å². The Morgan fingerprint density at radius 3 is 2.57 bits per heavy atom. The lowest BCUT2D eigenvalue weighted by atomic mass is 9.85. The van der Waals surface area contributed by atoms with Crippen LogP contribution in [-0.4, -0.2) is 50.8 Å². The zero-order valence-corrected chi connectivity index (χ0v) is 14.5. The highest BCUT2D eigenvalue weighted by Crippen LogP contribution is 2.38. The van der Waals surface area contributed by atoms with Gasteiger partial charge >= 0.3 is 0 Å². The van der Waals surface area contributed by atoms with Gasteiger partial charge in [0.15, 0.2) is 0 Å². The van der Waals surface area contributed by atoms with Gasteiger partial charge in [-0.2, -0.15) is 0 Å². The van der Waals surface area contributed by atoms with Crippen LogP contribution < -0.4 is 5.32 Å². The van der Waals surface area contributed by atoms with Crippen molar-refractivity contribution in [2.24, 2.45) is 11.3 Å². The number of nitrogens with one attached hydrogen (secondary N) is 1. The van der Waals surface area contributed by atoms with E-state index in [1.807, 2.05) is 0 Å². The first-order chi connectivity index (χ1) is 10.1. The van der Waals surface area contributed by atoms with Crippen LogP contribution in [-0.2, 0) is 4.74 Å². The maximum Gasteiger partial charge on any atom is 0.0701 e. The molecule has 0 amide bonds. The van der Waals surface area contributed by atoms with E-state index < -0.39 is 0 Å². The molecule has 1 aliphatic heterocycles. The van der Waals surface area contributed by atoms with Crippen molar-refractivity contribution in [3.63, 3.8) is 0 Å². The lowest BCUT2D eigenvalue weighted by molar-refractivity contribution is -0.00765. The van der Waals surface area contributed by atoms with Gasteiger partial charge in [0, 0.05) is 26.2 Å². The Morgan fingerprint density at radius 1 is 1.19 bits per heavy atom. The zero-order chi connectivity index (χ0) is 15.1. The number of ether oxygens (including phenoxy) is 1. The summed E-state index contributed by atoms with van der Waals surface area (Å²) in [6.07, 6.45) is 9.95. The minimum atomic E-state index is 0.478. The standard InChI is InChI=1S/C18H36N2O/c1-16(2)12-19-14-18(9-5-6-10-18)15-20(3)13-17-8-4-7-11-21-17/h16-17,19H,4-15H2,1-3H3. The molecule has 0 spiro atoms. The van der Waals surface area contributed by atoms with Crippen molar-refractivity contribution in [3.05, 3.63) is 0 Å². The molecule has 3 heteroatoms. The van der Waals surface area contributed by atoms with E-state index in [9.17, 15) is 0 Å². The summed E-state index contributed by atoms with van der Waals surface area (Å²) in [5.74, 6) is 0.747. The Kier molecular flexibility index (Phi) is 6.97. The highest BCUT2D eigenvalue weighted by atomic mass is 16.5. The molecule has 1 heterocycles. The van der Waals surface area contributed by atoms with Crippen LogP contribution in [0.15, 0.2) is 0 Å². The van der Waals surface area contributed by atoms with Crippen molar-refractivity contribution in [1.29, 1.82) is 0 Å². The summed E-state index contributed by atoms with van der Waals surface area (Å²) in [7, 11) is 2.29. The Balaban J connectivity index is 1.77. The quantitative estimate of drug-likeness (QED) is 0.744. The van der Waals surface area contributed by atoms with Crippen LogP contribution in [0, 0.1) is 11.3 Å². The fraction of sp³-hybridized carbons (Fsp3) is 1.00. The summed E-state index contributed by atoms with van der Waals surface area (Å²) in [5.41, 5.74) is 0.512. The SMILES string of the molecule is CC(C)CNCC1(CN(C)CC2CCCCO2)CCCC1. The van der Waals surface area contributed by atoms with Crippen molar-refractivity contribution >= 4 is 0 Å². The molecule has 124 valence electrons. The summed E-state index contributed by atoms with van der Waals surface area (Å²) in [5, 5.41) is 3.72. The minimum absolute atomic E-state index is 0.478. The average molecular weight is 296 g/mol. The summed E-state index contributed by atoms with van der Waals surface area (Å²) in [6, 6.07) is 0. The second-order valence-corrected chi connectivity index (χ2v) is 7.92. The predicted octanol–water partition coefficient (Wildman–Crippen LogP) is 3.29. The topological polar surface area (TPSA) is 24.5 Å². The molecule has 21 heavy (non-hydrogen) atoms. The zero-order valence-electron chi connectivity index (χ0n) is 14.5. The van der Waals surface area contributed by atoms with Crippen molar-refractivity contribution in [2.45, 2.75) is 64.9 Å². The minimum Gasteiger partial charge on any atom is -0.377 e. The molecule has 3 nitrogen and oxygen atoms in total. The van der Waals surface area contributed by atoms with Crippen LogP contribution in [0.4, 0.5) is 0 Å². The summed E-state index contributed by atoms with van der Waals surface area (Å²) < 4.78 is 5.90. The number of hydrogen-bond acceptors (Lipinski definition) is 3. The smallest absolute Gasteiger partial charge is 0.0701 e. The van der Waals surface area contributed by atoms with Crippen LogP contribution in [0.25, 0.3) is 0 Å². The number of hydrogen-bond donors (Lipinski definition) is 1. The van der Waals surface area contributed by atoms with E-state index >= 15 is 0 Å². The largest absolute Gasteiger partial charge is 0.377 e. The van der Waals surface area contributed by atoms with E-state index in [2.05, 4.69) is 31.1 Å². The first-order valence-electron chi connectivity index (χ1n) is 9.10. The van der Waals surface area contributed by atoms with Crippen LogP contribution in [0.1, 0.15) is 58.8 Å². The molecule has 1 unspecified atom stereocenters. The van der Waals surface area contributed by atoms with Gasteiger partial charge in [0.2, 0.25) is 0 Å². The van der Waals surface area contributed by atoms with Gasteiger partial charge < -0.3 is 15.0 Å². The predicted molar refractivity (Wildman–Crippen MR) is 89.7 cm³/mol. The van der Waals surface area contributed by atoms with Crippen LogP contribution in [0.3, 0.4) is 0 Å². The molecule has 1 saturated heterocycles. The Bertz CT molecular complexity index is 281. The summed E-state index contributed by atoms with van der Waals surface area (Å²) in [4.78, 5) is 2.54. The molecule has 1 saturated carbocycles. The van der Waals surface area contributed by atoms with E-state index in [-0.39, 0.29) is 0 Å². The molecule has 0 radical (unpaired) electrons. The van der Waals surface area contributed by atoms with Crippen LogP contribution in [0.2, 0.25) is 0 Å². The van der Waals surface area contributed by atoms with E-state index in [0.717, 1.165) is 25.6 Å². The molecule has 0 aromatic carbocycles. The second-order valence-electron chi connectivity index (χ2n) is 7.92. The lowest BCUT2D eigenvalue weighted by Gasteiger charge is -2.36. The molecule has 2 fully saturated rings. The first kappa shape index (κ1) is 17.2. The van der Waals surface area contributed by atoms with Crippen molar-refractivity contribution in [1.82, 2.24) is 10.2 Å². The van der Waals surface area contributed by atoms with Gasteiger partial charge in [-0.1, -0.05) is 26.7 Å². The molecule has 0 aromatic heterocycles. The van der Waals surface area contributed by atoms with Crippen LogP contribution >= 0.6 is 0 Å². The molecule has 2 rings (SSSR count). The normalized spacial score (nSPS) is 25.9. The highest BCUT2D eigenvalue weighted by molar-refractivity contribution is 4.89. The fourth-order valence-corrected chi connectivity index (χ4v) is 4.08. The second kappa shape index (κ2) is 8.50. The number of likely N-dealkylation sites (N-methyl/N-ethyl adjacent to an activating group) is 1. The van der Waals surface area contributed by atoms with E-state index in [1.54, 1.807) is 0 Å². The van der Waals surface area contributed by atoms with Gasteiger partial charge in [-0.3, -0.25) is 0 Å². The van der Waals surface area contributed by atoms with Gasteiger partial charge in [-0.05, 0) is 57.0 Å². The third kappa shape index (κ3) is 5.88. The van der Waals surface area contributed by atoms with E-state index in [1.165, 1.54) is 58.0 Å². The lowest BCUT2D eigenvalue weighted by Crippen LogP contribution is -2.44. The monoisotopic (exact) mass is 296 g/mol. The van der Waals surface area contributed by atoms with Gasteiger partial charge in [0.05, 0.1) is 6.10 Å². The molecule has 1 atom stereocenters. The maximum absolute atomic E-state index is 5.90. The van der Waals surface area contributed by atoms with Gasteiger partial charge in [-0.15, -0.1) is 0 Å². The average Bonchev–Trinajstić information content (AvgIpc) is 2.87. The van der Waals surface area contributed by atoms with E-state index in [4.69, 9.17) is 4.74 Å². The summed E-state index contributed by atoms with van der Waals surface area (Å²) >= 11 is 0. The molecule has 1 aliphatic carbocycles. The third-order valence-corrected chi connectivity index (χ3v) is 5.11. The highest BCUT2D eigenvalue weighted by Gasteiger charge is 2.35. The Hall–Kier alpha value is -0.120. The fourth-order valence-electron chi connectivity index (χ4n) is 4.08. The van der Waals surface area contributed by atoms with Gasteiger partial charge in [-0.25, -0.2) is 0 Å². The molecular formula is C18H36N2O.